The van der Waals surface area contributed by atoms with Crippen molar-refractivity contribution in [1.29, 1.82) is 0 Å². The van der Waals surface area contributed by atoms with Crippen LogP contribution < -0.4 is 21.7 Å². The van der Waals surface area contributed by atoms with Crippen molar-refractivity contribution in [2.24, 2.45) is 17.8 Å². The van der Waals surface area contributed by atoms with E-state index in [9.17, 15) is 24.3 Å². The number of hydrogen-bond donors (Lipinski definition) is 2. The molecule has 3 rings (SSSR count). The van der Waals surface area contributed by atoms with Crippen molar-refractivity contribution in [2.75, 3.05) is 0 Å². The highest BCUT2D eigenvalue weighted by Crippen LogP contribution is 2.30. The van der Waals surface area contributed by atoms with Gasteiger partial charge in [0.25, 0.3) is 5.56 Å². The number of nitrogens with zero attached hydrogens (tertiary/aromatic N) is 1. The smallest absolute Gasteiger partial charge is 0.328 e. The molecule has 1 aromatic carbocycles. The molecule has 0 radical (unpaired) electrons. The molecule has 1 heterocycles. The number of benzene rings is 1. The Morgan fingerprint density at radius 3 is 2.47 bits per heavy atom. The Hall–Kier alpha value is -2.90. The Labute approximate surface area is 174 Å². The highest BCUT2D eigenvalue weighted by molar-refractivity contribution is 5.84. The zero-order chi connectivity index (χ0) is 21.8. The fraction of sp³-hybridized carbons (Fsp3) is 0.545. The lowest BCUT2D eigenvalue weighted by molar-refractivity contribution is -0.308. The predicted octanol–water partition coefficient (Wildman–Crippen LogP) is 0.777. The summed E-state index contributed by atoms with van der Waals surface area (Å²) >= 11 is 0. The lowest BCUT2D eigenvalue weighted by Crippen LogP contribution is -2.50. The molecule has 0 bridgehead atoms. The average molecular weight is 414 g/mol. The molecular formula is C22H28N3O5-. The molecule has 1 aromatic heterocycles. The van der Waals surface area contributed by atoms with Gasteiger partial charge < -0.3 is 20.2 Å². The first-order valence-electron chi connectivity index (χ1n) is 10.5. The molecule has 1 atom stereocenters. The topological polar surface area (TPSA) is 124 Å². The van der Waals surface area contributed by atoms with Gasteiger partial charge >= 0.3 is 5.69 Å². The van der Waals surface area contributed by atoms with Crippen LogP contribution in [0.25, 0.3) is 10.9 Å². The molecule has 8 nitrogen and oxygen atoms in total. The number of aromatic nitrogens is 2. The van der Waals surface area contributed by atoms with E-state index in [0.717, 1.165) is 0 Å². The molecule has 0 unspecified atom stereocenters. The van der Waals surface area contributed by atoms with E-state index in [2.05, 4.69) is 10.3 Å². The van der Waals surface area contributed by atoms with E-state index in [1.54, 1.807) is 24.3 Å². The van der Waals surface area contributed by atoms with Crippen LogP contribution in [0.15, 0.2) is 33.9 Å². The molecule has 162 valence electrons. The summed E-state index contributed by atoms with van der Waals surface area (Å²) in [7, 11) is 0. The average Bonchev–Trinajstić information content (AvgIpc) is 2.70. The van der Waals surface area contributed by atoms with Crippen molar-refractivity contribution in [1.82, 2.24) is 14.9 Å². The van der Waals surface area contributed by atoms with Gasteiger partial charge in [0.2, 0.25) is 5.91 Å². The fourth-order valence-electron chi connectivity index (χ4n) is 4.21. The maximum absolute atomic E-state index is 12.7. The number of para-hydroxylation sites is 1. The quantitative estimate of drug-likeness (QED) is 0.693. The Kier molecular flexibility index (Phi) is 6.74. The molecule has 1 saturated carbocycles. The highest BCUT2D eigenvalue weighted by atomic mass is 16.4. The molecule has 30 heavy (non-hydrogen) atoms. The molecule has 0 spiro atoms. The van der Waals surface area contributed by atoms with E-state index < -0.39 is 17.7 Å². The third-order valence-electron chi connectivity index (χ3n) is 5.86. The fourth-order valence-corrected chi connectivity index (χ4v) is 4.21. The Morgan fingerprint density at radius 2 is 1.83 bits per heavy atom. The number of fused-ring (bicyclic) bond motifs is 1. The van der Waals surface area contributed by atoms with Gasteiger partial charge in [-0.3, -0.25) is 14.2 Å². The first-order chi connectivity index (χ1) is 14.3. The van der Waals surface area contributed by atoms with E-state index in [1.807, 2.05) is 13.8 Å². The summed E-state index contributed by atoms with van der Waals surface area (Å²) in [5, 5.41) is 14.4. The van der Waals surface area contributed by atoms with Crippen LogP contribution in [0.5, 0.6) is 0 Å². The first-order valence-corrected chi connectivity index (χ1v) is 10.5. The van der Waals surface area contributed by atoms with Crippen LogP contribution in [0.2, 0.25) is 0 Å². The number of H-pyrrole nitrogens is 1. The number of aromatic amines is 1. The van der Waals surface area contributed by atoms with Crippen LogP contribution >= 0.6 is 0 Å². The number of rotatable bonds is 7. The molecule has 8 heteroatoms. The lowest BCUT2D eigenvalue weighted by Gasteiger charge is -2.30. The normalized spacial score (nSPS) is 20.2. The van der Waals surface area contributed by atoms with Crippen LogP contribution in [-0.4, -0.2) is 27.5 Å². The summed E-state index contributed by atoms with van der Waals surface area (Å²) < 4.78 is 1.24. The van der Waals surface area contributed by atoms with Crippen LogP contribution in [0, 0.1) is 17.8 Å². The molecule has 1 aliphatic rings. The van der Waals surface area contributed by atoms with Crippen molar-refractivity contribution in [3.05, 3.63) is 45.1 Å². The zero-order valence-electron chi connectivity index (χ0n) is 17.3. The number of carbonyl (C=O) groups excluding carboxylic acids is 2. The van der Waals surface area contributed by atoms with Gasteiger partial charge in [-0.2, -0.15) is 0 Å². The van der Waals surface area contributed by atoms with Gasteiger partial charge in [-0.15, -0.1) is 0 Å². The second-order valence-electron chi connectivity index (χ2n) is 8.62. The van der Waals surface area contributed by atoms with E-state index in [1.165, 1.54) is 4.57 Å². The number of carboxylic acid groups (broad SMARTS) is 1. The number of carbonyl (C=O) groups is 2. The molecule has 1 fully saturated rings. The molecule has 0 saturated heterocycles. The van der Waals surface area contributed by atoms with Crippen molar-refractivity contribution in [2.45, 2.75) is 58.5 Å². The lowest BCUT2D eigenvalue weighted by atomic mass is 9.81. The second-order valence-corrected chi connectivity index (χ2v) is 8.62. The van der Waals surface area contributed by atoms with E-state index in [-0.39, 0.29) is 29.2 Å². The first kappa shape index (κ1) is 21.8. The minimum Gasteiger partial charge on any atom is -0.548 e. The SMILES string of the molecule is CC(C)C[C@H](NC(=O)C1CCC(Cn2c(=O)[nH]c3ccccc3c2=O)CC1)C(=O)[O-]. The number of aliphatic carboxylic acids is 1. The summed E-state index contributed by atoms with van der Waals surface area (Å²) in [5.74, 6) is -1.55. The second kappa shape index (κ2) is 9.28. The van der Waals surface area contributed by atoms with Gasteiger partial charge in [-0.05, 0) is 56.1 Å². The van der Waals surface area contributed by atoms with Crippen LogP contribution in [-0.2, 0) is 16.1 Å². The van der Waals surface area contributed by atoms with Gasteiger partial charge in [0, 0.05) is 12.5 Å². The molecule has 1 aliphatic carbocycles. The number of amides is 1. The maximum Gasteiger partial charge on any atom is 0.328 e. The zero-order valence-corrected chi connectivity index (χ0v) is 17.3. The summed E-state index contributed by atoms with van der Waals surface area (Å²) in [6.07, 6.45) is 2.90. The largest absolute Gasteiger partial charge is 0.548 e. The maximum atomic E-state index is 12.7. The summed E-state index contributed by atoms with van der Waals surface area (Å²) in [5.41, 5.74) is -0.211. The van der Waals surface area contributed by atoms with E-state index in [4.69, 9.17) is 0 Å². The third-order valence-corrected chi connectivity index (χ3v) is 5.86. The number of nitrogens with one attached hydrogen (secondary N) is 2. The Morgan fingerprint density at radius 1 is 1.17 bits per heavy atom. The van der Waals surface area contributed by atoms with E-state index >= 15 is 0 Å². The number of hydrogen-bond acceptors (Lipinski definition) is 5. The minimum atomic E-state index is -1.26. The van der Waals surface area contributed by atoms with Gasteiger partial charge in [-0.1, -0.05) is 26.0 Å². The van der Waals surface area contributed by atoms with Gasteiger partial charge in [0.05, 0.1) is 22.9 Å². The van der Waals surface area contributed by atoms with Gasteiger partial charge in [0.1, 0.15) is 0 Å². The third kappa shape index (κ3) is 4.98. The Bertz CT molecular complexity index is 1030. The molecule has 1 amide bonds. The minimum absolute atomic E-state index is 0.113. The Balaban J connectivity index is 1.62. The van der Waals surface area contributed by atoms with Gasteiger partial charge in [-0.25, -0.2) is 4.79 Å². The molecular weight excluding hydrogens is 386 g/mol. The van der Waals surface area contributed by atoms with Crippen molar-refractivity contribution >= 4 is 22.8 Å². The monoisotopic (exact) mass is 414 g/mol. The van der Waals surface area contributed by atoms with Crippen molar-refractivity contribution < 1.29 is 14.7 Å². The number of carboxylic acids is 1. The summed E-state index contributed by atoms with van der Waals surface area (Å²) in [6.45, 7) is 4.09. The molecule has 2 N–H and O–H groups in total. The van der Waals surface area contributed by atoms with Gasteiger partial charge in [0.15, 0.2) is 0 Å². The standard InChI is InChI=1S/C22H29N3O5/c1-13(2)11-18(21(28)29)23-19(26)15-9-7-14(8-10-15)12-25-20(27)16-5-3-4-6-17(16)24-22(25)30/h3-6,13-15,18H,7-12H2,1-2H3,(H,23,26)(H,24,30)(H,28,29)/p-1/t14?,15?,18-/m0/s1. The molecule has 0 aliphatic heterocycles. The summed E-state index contributed by atoms with van der Waals surface area (Å²) in [4.78, 5) is 51.6. The van der Waals surface area contributed by atoms with Crippen molar-refractivity contribution in [3.63, 3.8) is 0 Å². The highest BCUT2D eigenvalue weighted by Gasteiger charge is 2.28. The molecule has 2 aromatic rings. The summed E-state index contributed by atoms with van der Waals surface area (Å²) in [6, 6.07) is 5.93. The predicted molar refractivity (Wildman–Crippen MR) is 111 cm³/mol. The van der Waals surface area contributed by atoms with Crippen molar-refractivity contribution in [3.8, 4) is 0 Å². The van der Waals surface area contributed by atoms with Crippen LogP contribution in [0.1, 0.15) is 46.0 Å². The van der Waals surface area contributed by atoms with E-state index in [0.29, 0.717) is 49.6 Å². The van der Waals surface area contributed by atoms with Crippen LogP contribution in [0.3, 0.4) is 0 Å². The van der Waals surface area contributed by atoms with Crippen LogP contribution in [0.4, 0.5) is 0 Å².